The number of anilines is 1. The molecule has 4 heteroatoms. The molecule has 0 aliphatic carbocycles. The van der Waals surface area contributed by atoms with Crippen molar-refractivity contribution >= 4 is 17.5 Å². The Labute approximate surface area is 155 Å². The highest BCUT2D eigenvalue weighted by Crippen LogP contribution is 2.23. The van der Waals surface area contributed by atoms with E-state index in [2.05, 4.69) is 26.1 Å². The molecule has 1 saturated heterocycles. The van der Waals surface area contributed by atoms with Crippen molar-refractivity contribution in [2.75, 3.05) is 11.4 Å². The van der Waals surface area contributed by atoms with Crippen molar-refractivity contribution in [1.29, 1.82) is 0 Å². The maximum absolute atomic E-state index is 12.3. The number of amides is 2. The zero-order chi connectivity index (χ0) is 18.7. The summed E-state index contributed by atoms with van der Waals surface area (Å²) in [7, 11) is 0. The molecule has 0 radical (unpaired) electrons. The zero-order valence-corrected chi connectivity index (χ0v) is 15.7. The molecule has 4 nitrogen and oxygen atoms in total. The smallest absolute Gasteiger partial charge is 0.251 e. The van der Waals surface area contributed by atoms with Crippen molar-refractivity contribution in [3.05, 3.63) is 65.2 Å². The highest BCUT2D eigenvalue weighted by Gasteiger charge is 2.21. The van der Waals surface area contributed by atoms with E-state index in [0.717, 1.165) is 24.2 Å². The number of benzene rings is 2. The monoisotopic (exact) mass is 350 g/mol. The summed E-state index contributed by atoms with van der Waals surface area (Å²) in [6.07, 6.45) is 1.55. The number of carbonyl (C=O) groups excluding carboxylic acids is 2. The quantitative estimate of drug-likeness (QED) is 0.905. The SMILES string of the molecule is CC(C)(C)c1ccc(C(=O)NCc2ccc(N3CCCC3=O)cc2)cc1. The largest absolute Gasteiger partial charge is 0.348 e. The molecule has 0 bridgehead atoms. The fourth-order valence-corrected chi connectivity index (χ4v) is 3.12. The Balaban J connectivity index is 1.58. The number of nitrogens with one attached hydrogen (secondary N) is 1. The third-order valence-electron chi connectivity index (χ3n) is 4.79. The van der Waals surface area contributed by atoms with Gasteiger partial charge in [-0.1, -0.05) is 45.0 Å². The molecular weight excluding hydrogens is 324 g/mol. The van der Waals surface area contributed by atoms with E-state index in [0.29, 0.717) is 18.5 Å². The molecule has 0 atom stereocenters. The maximum atomic E-state index is 12.3. The van der Waals surface area contributed by atoms with Gasteiger partial charge in [0.1, 0.15) is 0 Å². The lowest BCUT2D eigenvalue weighted by Gasteiger charge is -2.19. The van der Waals surface area contributed by atoms with Gasteiger partial charge in [0.2, 0.25) is 5.91 Å². The molecule has 0 saturated carbocycles. The summed E-state index contributed by atoms with van der Waals surface area (Å²) in [4.78, 5) is 25.9. The molecule has 2 aromatic rings. The van der Waals surface area contributed by atoms with Crippen LogP contribution in [0.5, 0.6) is 0 Å². The van der Waals surface area contributed by atoms with Crippen LogP contribution in [0.15, 0.2) is 48.5 Å². The van der Waals surface area contributed by atoms with Crippen molar-refractivity contribution in [2.45, 2.75) is 45.6 Å². The van der Waals surface area contributed by atoms with Crippen molar-refractivity contribution in [2.24, 2.45) is 0 Å². The van der Waals surface area contributed by atoms with Crippen LogP contribution in [0.3, 0.4) is 0 Å². The standard InChI is InChI=1S/C22H26N2O2/c1-22(2,3)18-10-8-17(9-11-18)21(26)23-15-16-6-12-19(13-7-16)24-14-4-5-20(24)25/h6-13H,4-5,14-15H2,1-3H3,(H,23,26). The van der Waals surface area contributed by atoms with E-state index in [1.807, 2.05) is 53.4 Å². The van der Waals surface area contributed by atoms with E-state index in [1.165, 1.54) is 5.56 Å². The average molecular weight is 350 g/mol. The summed E-state index contributed by atoms with van der Waals surface area (Å²) in [5, 5.41) is 2.95. The number of nitrogens with zero attached hydrogens (tertiary/aromatic N) is 1. The van der Waals surface area contributed by atoms with Gasteiger partial charge in [0.15, 0.2) is 0 Å². The highest BCUT2D eigenvalue weighted by atomic mass is 16.2. The normalized spacial score (nSPS) is 14.6. The van der Waals surface area contributed by atoms with Gasteiger partial charge in [-0.15, -0.1) is 0 Å². The van der Waals surface area contributed by atoms with Gasteiger partial charge >= 0.3 is 0 Å². The Hall–Kier alpha value is -2.62. The predicted molar refractivity (Wildman–Crippen MR) is 104 cm³/mol. The van der Waals surface area contributed by atoms with E-state index >= 15 is 0 Å². The van der Waals surface area contributed by atoms with E-state index in [4.69, 9.17) is 0 Å². The van der Waals surface area contributed by atoms with E-state index in [1.54, 1.807) is 0 Å². The first kappa shape index (κ1) is 18.2. The Bertz CT molecular complexity index is 786. The third kappa shape index (κ3) is 4.13. The van der Waals surface area contributed by atoms with Crippen LogP contribution >= 0.6 is 0 Å². The summed E-state index contributed by atoms with van der Waals surface area (Å²) in [5.41, 5.74) is 3.90. The average Bonchev–Trinajstić information content (AvgIpc) is 3.05. The first-order chi connectivity index (χ1) is 12.3. The first-order valence-electron chi connectivity index (χ1n) is 9.13. The number of hydrogen-bond donors (Lipinski definition) is 1. The summed E-state index contributed by atoms with van der Waals surface area (Å²) in [6.45, 7) is 7.72. The summed E-state index contributed by atoms with van der Waals surface area (Å²) < 4.78 is 0. The molecule has 2 aromatic carbocycles. The minimum absolute atomic E-state index is 0.0769. The first-order valence-corrected chi connectivity index (χ1v) is 9.13. The zero-order valence-electron chi connectivity index (χ0n) is 15.7. The fraction of sp³-hybridized carbons (Fsp3) is 0.364. The van der Waals surface area contributed by atoms with Crippen molar-refractivity contribution < 1.29 is 9.59 Å². The topological polar surface area (TPSA) is 49.4 Å². The van der Waals surface area contributed by atoms with Crippen LogP contribution in [-0.2, 0) is 16.8 Å². The molecule has 0 unspecified atom stereocenters. The minimum atomic E-state index is -0.0794. The molecule has 0 spiro atoms. The molecule has 2 amide bonds. The van der Waals surface area contributed by atoms with Crippen molar-refractivity contribution in [3.8, 4) is 0 Å². The summed E-state index contributed by atoms with van der Waals surface area (Å²) >= 11 is 0. The van der Waals surface area contributed by atoms with Gasteiger partial charge in [0, 0.05) is 30.8 Å². The molecule has 3 rings (SSSR count). The Morgan fingerprint density at radius 1 is 1.04 bits per heavy atom. The van der Waals surface area contributed by atoms with Gasteiger partial charge in [-0.25, -0.2) is 0 Å². The summed E-state index contributed by atoms with van der Waals surface area (Å²) in [5.74, 6) is 0.106. The van der Waals surface area contributed by atoms with E-state index in [9.17, 15) is 9.59 Å². The molecule has 1 aliphatic heterocycles. The Morgan fingerprint density at radius 3 is 2.23 bits per heavy atom. The van der Waals surface area contributed by atoms with Gasteiger partial charge in [-0.2, -0.15) is 0 Å². The molecule has 1 N–H and O–H groups in total. The number of carbonyl (C=O) groups is 2. The van der Waals surface area contributed by atoms with Crippen LogP contribution in [0, 0.1) is 0 Å². The Kier molecular flexibility index (Phi) is 5.12. The van der Waals surface area contributed by atoms with Gasteiger partial charge in [0.25, 0.3) is 5.91 Å². The molecular formula is C22H26N2O2. The lowest BCUT2D eigenvalue weighted by molar-refractivity contribution is -0.117. The highest BCUT2D eigenvalue weighted by molar-refractivity contribution is 5.95. The van der Waals surface area contributed by atoms with Gasteiger partial charge in [0.05, 0.1) is 0 Å². The fourth-order valence-electron chi connectivity index (χ4n) is 3.12. The second-order valence-corrected chi connectivity index (χ2v) is 7.83. The van der Waals surface area contributed by atoms with Crippen LogP contribution in [0.2, 0.25) is 0 Å². The lowest BCUT2D eigenvalue weighted by Crippen LogP contribution is -2.24. The van der Waals surface area contributed by atoms with Gasteiger partial charge < -0.3 is 10.2 Å². The van der Waals surface area contributed by atoms with Gasteiger partial charge in [-0.05, 0) is 47.2 Å². The second-order valence-electron chi connectivity index (χ2n) is 7.83. The van der Waals surface area contributed by atoms with Crippen molar-refractivity contribution in [3.63, 3.8) is 0 Å². The van der Waals surface area contributed by atoms with Crippen molar-refractivity contribution in [1.82, 2.24) is 5.32 Å². The molecule has 1 heterocycles. The molecule has 136 valence electrons. The van der Waals surface area contributed by atoms with E-state index in [-0.39, 0.29) is 17.2 Å². The minimum Gasteiger partial charge on any atom is -0.348 e. The van der Waals surface area contributed by atoms with Crippen LogP contribution in [-0.4, -0.2) is 18.4 Å². The predicted octanol–water partition coefficient (Wildman–Crippen LogP) is 4.04. The van der Waals surface area contributed by atoms with E-state index < -0.39 is 0 Å². The number of rotatable bonds is 4. The van der Waals surface area contributed by atoms with Gasteiger partial charge in [-0.3, -0.25) is 9.59 Å². The second kappa shape index (κ2) is 7.32. The van der Waals surface area contributed by atoms with Crippen LogP contribution in [0.4, 0.5) is 5.69 Å². The molecule has 0 aromatic heterocycles. The third-order valence-corrected chi connectivity index (χ3v) is 4.79. The number of hydrogen-bond acceptors (Lipinski definition) is 2. The van der Waals surface area contributed by atoms with Crippen LogP contribution < -0.4 is 10.2 Å². The Morgan fingerprint density at radius 2 is 1.69 bits per heavy atom. The summed E-state index contributed by atoms with van der Waals surface area (Å²) in [6, 6.07) is 15.6. The van der Waals surface area contributed by atoms with Crippen LogP contribution in [0.1, 0.15) is 55.1 Å². The molecule has 26 heavy (non-hydrogen) atoms. The van der Waals surface area contributed by atoms with Crippen LogP contribution in [0.25, 0.3) is 0 Å². The lowest BCUT2D eigenvalue weighted by atomic mass is 9.87. The maximum Gasteiger partial charge on any atom is 0.251 e. The molecule has 1 fully saturated rings. The molecule has 1 aliphatic rings.